The molecule has 0 fully saturated rings. The first-order valence-corrected chi connectivity index (χ1v) is 5.65. The average molecular weight is 238 g/mol. The van der Waals surface area contributed by atoms with E-state index in [-0.39, 0.29) is 6.42 Å². The van der Waals surface area contributed by atoms with Gasteiger partial charge >= 0.3 is 5.97 Å². The highest BCUT2D eigenvalue weighted by Crippen LogP contribution is 2.19. The minimum absolute atomic E-state index is 0.189. The van der Waals surface area contributed by atoms with Crippen molar-refractivity contribution in [1.82, 2.24) is 0 Å². The fourth-order valence-corrected chi connectivity index (χ4v) is 1.74. The van der Waals surface area contributed by atoms with Gasteiger partial charge in [0.1, 0.15) is 5.75 Å². The maximum Gasteiger partial charge on any atom is 0.305 e. The Morgan fingerprint density at radius 1 is 1.41 bits per heavy atom. The van der Waals surface area contributed by atoms with Gasteiger partial charge in [-0.25, -0.2) is 0 Å². The first-order valence-electron chi connectivity index (χ1n) is 5.65. The zero-order valence-corrected chi connectivity index (χ0v) is 9.93. The normalized spacial score (nSPS) is 12.1. The van der Waals surface area contributed by atoms with Crippen molar-refractivity contribution in [3.05, 3.63) is 29.8 Å². The molecule has 0 radical (unpaired) electrons. The Kier molecular flexibility index (Phi) is 5.49. The van der Waals surface area contributed by atoms with Crippen LogP contribution in [-0.2, 0) is 11.2 Å². The predicted molar refractivity (Wildman–Crippen MR) is 64.2 cm³/mol. The Bertz CT molecular complexity index is 362. The molecule has 0 unspecified atom stereocenters. The number of ether oxygens (including phenoxy) is 1. The second-order valence-corrected chi connectivity index (χ2v) is 3.96. The van der Waals surface area contributed by atoms with Crippen LogP contribution in [0.5, 0.6) is 5.75 Å². The van der Waals surface area contributed by atoms with Crippen molar-refractivity contribution in [2.24, 2.45) is 0 Å². The molecule has 0 bridgehead atoms. The number of carboxylic acids is 1. The number of benzene rings is 1. The molecule has 0 aliphatic heterocycles. The van der Waals surface area contributed by atoms with Gasteiger partial charge in [0.25, 0.3) is 0 Å². The van der Waals surface area contributed by atoms with Gasteiger partial charge < -0.3 is 14.9 Å². The number of para-hydroxylation sites is 1. The zero-order chi connectivity index (χ0) is 12.7. The average Bonchev–Trinajstić information content (AvgIpc) is 2.28. The summed E-state index contributed by atoms with van der Waals surface area (Å²) in [7, 11) is 1.62. The van der Waals surface area contributed by atoms with E-state index in [1.807, 2.05) is 24.3 Å². The number of aliphatic hydroxyl groups excluding tert-OH is 1. The summed E-state index contributed by atoms with van der Waals surface area (Å²) < 4.78 is 5.21. The van der Waals surface area contributed by atoms with Crippen LogP contribution in [0.3, 0.4) is 0 Å². The molecule has 94 valence electrons. The number of rotatable bonds is 7. The molecule has 1 rings (SSSR count). The maximum absolute atomic E-state index is 10.4. The molecule has 0 heterocycles. The summed E-state index contributed by atoms with van der Waals surface area (Å²) in [6, 6.07) is 7.71. The molecule has 0 saturated heterocycles. The minimum atomic E-state index is -0.963. The first-order chi connectivity index (χ1) is 8.13. The molecule has 0 aliphatic rings. The smallest absolute Gasteiger partial charge is 0.305 e. The van der Waals surface area contributed by atoms with Crippen LogP contribution >= 0.6 is 0 Å². The SMILES string of the molecule is COc1ccccc1CCC[C@@H](O)CC(=O)O. The Morgan fingerprint density at radius 2 is 2.12 bits per heavy atom. The molecule has 0 aromatic heterocycles. The van der Waals surface area contributed by atoms with Gasteiger partial charge in [0.05, 0.1) is 19.6 Å². The van der Waals surface area contributed by atoms with Crippen molar-refractivity contribution in [3.63, 3.8) is 0 Å². The number of carboxylic acid groups (broad SMARTS) is 1. The standard InChI is InChI=1S/C13H18O4/c1-17-12-8-3-2-5-10(12)6-4-7-11(14)9-13(15)16/h2-3,5,8,11,14H,4,6-7,9H2,1H3,(H,15,16)/t11-/m1/s1. The second kappa shape index (κ2) is 6.91. The van der Waals surface area contributed by atoms with Crippen LogP contribution in [-0.4, -0.2) is 29.4 Å². The Labute approximate surface area is 101 Å². The maximum atomic E-state index is 10.4. The summed E-state index contributed by atoms with van der Waals surface area (Å²) in [6.45, 7) is 0. The van der Waals surface area contributed by atoms with Gasteiger partial charge in [0.2, 0.25) is 0 Å². The fraction of sp³-hybridized carbons (Fsp3) is 0.462. The lowest BCUT2D eigenvalue weighted by molar-refractivity contribution is -0.139. The van der Waals surface area contributed by atoms with Crippen LogP contribution in [0.15, 0.2) is 24.3 Å². The van der Waals surface area contributed by atoms with Gasteiger partial charge in [-0.3, -0.25) is 4.79 Å². The van der Waals surface area contributed by atoms with Gasteiger partial charge in [-0.05, 0) is 30.9 Å². The second-order valence-electron chi connectivity index (χ2n) is 3.96. The van der Waals surface area contributed by atoms with E-state index in [0.717, 1.165) is 24.2 Å². The zero-order valence-electron chi connectivity index (χ0n) is 9.93. The number of methoxy groups -OCH3 is 1. The molecule has 2 N–H and O–H groups in total. The molecule has 0 amide bonds. The fourth-order valence-electron chi connectivity index (χ4n) is 1.74. The molecular weight excluding hydrogens is 220 g/mol. The Balaban J connectivity index is 2.37. The lowest BCUT2D eigenvalue weighted by Gasteiger charge is -2.10. The number of hydrogen-bond donors (Lipinski definition) is 2. The van der Waals surface area contributed by atoms with Crippen LogP contribution in [0.25, 0.3) is 0 Å². The Morgan fingerprint density at radius 3 is 2.76 bits per heavy atom. The van der Waals surface area contributed by atoms with E-state index in [9.17, 15) is 9.90 Å². The molecule has 4 heteroatoms. The van der Waals surface area contributed by atoms with Crippen LogP contribution in [0.4, 0.5) is 0 Å². The molecular formula is C13H18O4. The van der Waals surface area contributed by atoms with Crippen molar-refractivity contribution >= 4 is 5.97 Å². The molecule has 17 heavy (non-hydrogen) atoms. The number of carbonyl (C=O) groups is 1. The molecule has 4 nitrogen and oxygen atoms in total. The third-order valence-corrected chi connectivity index (χ3v) is 2.59. The number of hydrogen-bond acceptors (Lipinski definition) is 3. The van der Waals surface area contributed by atoms with Gasteiger partial charge in [-0.1, -0.05) is 18.2 Å². The topological polar surface area (TPSA) is 66.8 Å². The lowest BCUT2D eigenvalue weighted by Crippen LogP contribution is -2.12. The molecule has 0 spiro atoms. The number of aliphatic carboxylic acids is 1. The van der Waals surface area contributed by atoms with E-state index < -0.39 is 12.1 Å². The monoisotopic (exact) mass is 238 g/mol. The third-order valence-electron chi connectivity index (χ3n) is 2.59. The summed E-state index contributed by atoms with van der Waals surface area (Å²) >= 11 is 0. The molecule has 1 atom stereocenters. The quantitative estimate of drug-likeness (QED) is 0.760. The third kappa shape index (κ3) is 4.87. The van der Waals surface area contributed by atoms with Crippen molar-refractivity contribution in [2.45, 2.75) is 31.8 Å². The number of aryl methyl sites for hydroxylation is 1. The highest BCUT2D eigenvalue weighted by atomic mass is 16.5. The summed E-state index contributed by atoms with van der Waals surface area (Å²) in [5, 5.41) is 17.9. The molecule has 0 saturated carbocycles. The van der Waals surface area contributed by atoms with Crippen LogP contribution in [0.1, 0.15) is 24.8 Å². The van der Waals surface area contributed by atoms with Crippen molar-refractivity contribution < 1.29 is 19.7 Å². The van der Waals surface area contributed by atoms with Crippen LogP contribution in [0.2, 0.25) is 0 Å². The summed E-state index contributed by atoms with van der Waals surface area (Å²) in [5.74, 6) is -0.130. The minimum Gasteiger partial charge on any atom is -0.496 e. The van der Waals surface area contributed by atoms with Gasteiger partial charge in [-0.2, -0.15) is 0 Å². The first kappa shape index (κ1) is 13.5. The van der Waals surface area contributed by atoms with Gasteiger partial charge in [0.15, 0.2) is 0 Å². The number of aliphatic hydroxyl groups is 1. The molecule has 1 aromatic carbocycles. The van der Waals surface area contributed by atoms with Gasteiger partial charge in [-0.15, -0.1) is 0 Å². The lowest BCUT2D eigenvalue weighted by atomic mass is 10.0. The van der Waals surface area contributed by atoms with Gasteiger partial charge in [0, 0.05) is 0 Å². The van der Waals surface area contributed by atoms with E-state index in [4.69, 9.17) is 9.84 Å². The van der Waals surface area contributed by atoms with Crippen molar-refractivity contribution in [2.75, 3.05) is 7.11 Å². The predicted octanol–water partition coefficient (Wildman–Crippen LogP) is 1.85. The highest BCUT2D eigenvalue weighted by Gasteiger charge is 2.09. The van der Waals surface area contributed by atoms with E-state index >= 15 is 0 Å². The summed E-state index contributed by atoms with van der Waals surface area (Å²) in [5.41, 5.74) is 1.08. The highest BCUT2D eigenvalue weighted by molar-refractivity contribution is 5.67. The van der Waals surface area contributed by atoms with E-state index in [1.165, 1.54) is 0 Å². The van der Waals surface area contributed by atoms with Crippen molar-refractivity contribution in [1.29, 1.82) is 0 Å². The Hall–Kier alpha value is -1.55. The van der Waals surface area contributed by atoms with Crippen molar-refractivity contribution in [3.8, 4) is 5.75 Å². The summed E-state index contributed by atoms with van der Waals surface area (Å²) in [6.07, 6.45) is 1.06. The van der Waals surface area contributed by atoms with Crippen LogP contribution < -0.4 is 4.74 Å². The van der Waals surface area contributed by atoms with E-state index in [0.29, 0.717) is 6.42 Å². The molecule has 1 aromatic rings. The largest absolute Gasteiger partial charge is 0.496 e. The molecule has 0 aliphatic carbocycles. The van der Waals surface area contributed by atoms with Crippen LogP contribution in [0, 0.1) is 0 Å². The van der Waals surface area contributed by atoms with E-state index in [1.54, 1.807) is 7.11 Å². The van der Waals surface area contributed by atoms with E-state index in [2.05, 4.69) is 0 Å². The summed E-state index contributed by atoms with van der Waals surface area (Å²) in [4.78, 5) is 10.4.